The molecule has 3 N–H and O–H groups in total. The number of nitrogens with zero attached hydrogens (tertiary/aromatic N) is 1. The van der Waals surface area contributed by atoms with E-state index >= 15 is 0 Å². The molecule has 3 aliphatic rings. The lowest BCUT2D eigenvalue weighted by molar-refractivity contribution is -0.124. The topological polar surface area (TPSA) is 56.4 Å². The van der Waals surface area contributed by atoms with Crippen molar-refractivity contribution in [2.75, 3.05) is 19.3 Å². The summed E-state index contributed by atoms with van der Waals surface area (Å²) in [6.07, 6.45) is 8.74. The molecule has 2 aliphatic heterocycles. The van der Waals surface area contributed by atoms with Crippen molar-refractivity contribution in [3.05, 3.63) is 12.3 Å². The van der Waals surface area contributed by atoms with Crippen LogP contribution in [0.15, 0.2) is 12.3 Å². The normalized spacial score (nSPS) is 38.9. The van der Waals surface area contributed by atoms with Gasteiger partial charge in [-0.25, -0.2) is 0 Å². The lowest BCUT2D eigenvalue weighted by atomic mass is 9.75. The largest absolute Gasteiger partial charge is 0.313 e. The second-order valence-electron chi connectivity index (χ2n) is 6.07. The van der Waals surface area contributed by atoms with Crippen LogP contribution in [-0.2, 0) is 4.79 Å². The first kappa shape index (κ1) is 14.2. The molecule has 0 aromatic rings. The number of hydrazine groups is 1. The van der Waals surface area contributed by atoms with Crippen molar-refractivity contribution in [3.8, 4) is 0 Å². The van der Waals surface area contributed by atoms with E-state index in [-0.39, 0.29) is 5.91 Å². The van der Waals surface area contributed by atoms with Crippen LogP contribution in [-0.4, -0.2) is 35.3 Å². The Kier molecular flexibility index (Phi) is 3.97. The highest BCUT2D eigenvalue weighted by atomic mass is 32.2. The summed E-state index contributed by atoms with van der Waals surface area (Å²) in [7, 11) is 0. The minimum absolute atomic E-state index is 0.121. The summed E-state index contributed by atoms with van der Waals surface area (Å²) in [4.78, 5) is 14.3. The van der Waals surface area contributed by atoms with Gasteiger partial charge in [-0.3, -0.25) is 9.69 Å². The molecule has 2 unspecified atom stereocenters. The number of fused-ring (bicyclic) bond motifs is 1. The van der Waals surface area contributed by atoms with E-state index in [1.54, 1.807) is 11.8 Å². The molecule has 0 aromatic heterocycles. The number of nitrogens with one attached hydrogen (secondary N) is 3. The molecule has 0 bridgehead atoms. The van der Waals surface area contributed by atoms with Crippen LogP contribution >= 0.6 is 11.8 Å². The summed E-state index contributed by atoms with van der Waals surface area (Å²) in [5, 5.41) is 2.53. The van der Waals surface area contributed by atoms with E-state index in [9.17, 15) is 4.79 Å². The number of hydrogen-bond donors (Lipinski definition) is 3. The van der Waals surface area contributed by atoms with Crippen LogP contribution in [0, 0.1) is 11.8 Å². The van der Waals surface area contributed by atoms with Crippen LogP contribution in [0.5, 0.6) is 0 Å². The van der Waals surface area contributed by atoms with E-state index in [0.717, 1.165) is 24.9 Å². The Bertz CT molecular complexity index is 416. The molecule has 0 aromatic carbocycles. The predicted molar refractivity (Wildman–Crippen MR) is 81.4 cm³/mol. The second kappa shape index (κ2) is 5.58. The highest BCUT2D eigenvalue weighted by Crippen LogP contribution is 2.39. The van der Waals surface area contributed by atoms with Crippen LogP contribution < -0.4 is 16.2 Å². The fourth-order valence-corrected chi connectivity index (χ4v) is 4.53. The number of rotatable bonds is 2. The Morgan fingerprint density at radius 2 is 2.05 bits per heavy atom. The Labute approximate surface area is 124 Å². The van der Waals surface area contributed by atoms with Crippen molar-refractivity contribution in [2.24, 2.45) is 11.8 Å². The van der Waals surface area contributed by atoms with Crippen molar-refractivity contribution < 1.29 is 4.79 Å². The zero-order valence-electron chi connectivity index (χ0n) is 12.1. The van der Waals surface area contributed by atoms with E-state index in [2.05, 4.69) is 27.6 Å². The quantitative estimate of drug-likeness (QED) is 0.669. The molecular formula is C14H24N4OS. The molecule has 3 rings (SSSR count). The molecule has 1 amide bonds. The van der Waals surface area contributed by atoms with Gasteiger partial charge in [-0.2, -0.15) is 5.43 Å². The monoisotopic (exact) mass is 296 g/mol. The maximum absolute atomic E-state index is 11.9. The third-order valence-electron chi connectivity index (χ3n) is 4.97. The molecule has 0 radical (unpaired) electrons. The van der Waals surface area contributed by atoms with E-state index in [4.69, 9.17) is 0 Å². The summed E-state index contributed by atoms with van der Waals surface area (Å²) in [5.74, 6) is 1.55. The van der Waals surface area contributed by atoms with Crippen molar-refractivity contribution in [1.29, 1.82) is 0 Å². The number of carbonyl (C=O) groups excluding carboxylic acids is 1. The number of hydrogen-bond acceptors (Lipinski definition) is 5. The minimum Gasteiger partial charge on any atom is -0.313 e. The number of piperidine rings is 1. The first-order valence-corrected chi connectivity index (χ1v) is 8.72. The van der Waals surface area contributed by atoms with Crippen molar-refractivity contribution >= 4 is 17.7 Å². The van der Waals surface area contributed by atoms with Gasteiger partial charge in [0.15, 0.2) is 0 Å². The molecule has 112 valence electrons. The van der Waals surface area contributed by atoms with Crippen LogP contribution in [0.3, 0.4) is 0 Å². The Morgan fingerprint density at radius 3 is 2.75 bits per heavy atom. The fraction of sp³-hybridized carbons (Fsp3) is 0.786. The Balaban J connectivity index is 1.73. The van der Waals surface area contributed by atoms with Gasteiger partial charge in [-0.1, -0.05) is 25.8 Å². The van der Waals surface area contributed by atoms with Crippen molar-refractivity contribution in [2.45, 2.75) is 37.2 Å². The molecule has 2 saturated heterocycles. The predicted octanol–water partition coefficient (Wildman–Crippen LogP) is 1.21. The smallest absolute Gasteiger partial charge is 0.271 e. The Hall–Kier alpha value is -0.720. The van der Waals surface area contributed by atoms with Gasteiger partial charge in [0.1, 0.15) is 5.70 Å². The number of amides is 1. The lowest BCUT2D eigenvalue weighted by Crippen LogP contribution is -2.75. The first-order chi connectivity index (χ1) is 9.64. The van der Waals surface area contributed by atoms with Crippen LogP contribution in [0.4, 0.5) is 0 Å². The van der Waals surface area contributed by atoms with Crippen LogP contribution in [0.25, 0.3) is 0 Å². The Morgan fingerprint density at radius 1 is 1.30 bits per heavy atom. The summed E-state index contributed by atoms with van der Waals surface area (Å²) in [5.41, 5.74) is 6.54. The summed E-state index contributed by atoms with van der Waals surface area (Å²) in [6.45, 7) is 5.79. The summed E-state index contributed by atoms with van der Waals surface area (Å²) in [6, 6.07) is 0. The molecule has 1 saturated carbocycles. The van der Waals surface area contributed by atoms with Gasteiger partial charge in [0, 0.05) is 13.1 Å². The highest BCUT2D eigenvalue weighted by molar-refractivity contribution is 7.99. The minimum atomic E-state index is -0.541. The molecule has 20 heavy (non-hydrogen) atoms. The summed E-state index contributed by atoms with van der Waals surface area (Å²) < 4.78 is 0. The highest BCUT2D eigenvalue weighted by Gasteiger charge is 2.45. The van der Waals surface area contributed by atoms with E-state index < -0.39 is 5.12 Å². The van der Waals surface area contributed by atoms with E-state index in [0.29, 0.717) is 5.70 Å². The number of thioether (sulfide) groups is 1. The van der Waals surface area contributed by atoms with E-state index in [1.165, 1.54) is 32.1 Å². The number of likely N-dealkylation sites (tertiary alicyclic amines) is 1. The van der Waals surface area contributed by atoms with Gasteiger partial charge < -0.3 is 10.7 Å². The van der Waals surface area contributed by atoms with E-state index in [1.807, 2.05) is 6.26 Å². The zero-order chi connectivity index (χ0) is 14.2. The molecule has 1 aliphatic carbocycles. The third-order valence-corrected chi connectivity index (χ3v) is 6.02. The van der Waals surface area contributed by atoms with Crippen molar-refractivity contribution in [3.63, 3.8) is 0 Å². The standard InChI is InChI=1S/C14H24N4OS/c1-10-13(19)15-14(20-2,17-16-10)18-8-7-11-5-3-4-6-12(11)9-18/h11-12,16-17H,1,3-9H2,2H3,(H,15,19)/t11?,12?,14-/m0/s1. The SMILES string of the molecule is C=C1NN[C@](SC)(N2CCC3CCCCC3C2)NC1=O. The van der Waals surface area contributed by atoms with Crippen LogP contribution in [0.2, 0.25) is 0 Å². The molecule has 6 heteroatoms. The van der Waals surface area contributed by atoms with Gasteiger partial charge in [-0.05, 0) is 30.9 Å². The average molecular weight is 296 g/mol. The third kappa shape index (κ3) is 2.44. The van der Waals surface area contributed by atoms with Gasteiger partial charge in [0.25, 0.3) is 5.91 Å². The van der Waals surface area contributed by atoms with Crippen LogP contribution in [0.1, 0.15) is 32.1 Å². The molecule has 3 fully saturated rings. The molecule has 0 spiro atoms. The number of carbonyl (C=O) groups is 1. The fourth-order valence-electron chi connectivity index (χ4n) is 3.75. The average Bonchev–Trinajstić information content (AvgIpc) is 2.50. The molecular weight excluding hydrogens is 272 g/mol. The molecule has 2 heterocycles. The second-order valence-corrected chi connectivity index (χ2v) is 7.07. The maximum Gasteiger partial charge on any atom is 0.271 e. The molecule has 3 atom stereocenters. The first-order valence-electron chi connectivity index (χ1n) is 7.49. The van der Waals surface area contributed by atoms with Gasteiger partial charge in [-0.15, -0.1) is 11.8 Å². The molecule has 5 nitrogen and oxygen atoms in total. The zero-order valence-corrected chi connectivity index (χ0v) is 12.9. The maximum atomic E-state index is 11.9. The van der Waals surface area contributed by atoms with Gasteiger partial charge in [0.05, 0.1) is 0 Å². The summed E-state index contributed by atoms with van der Waals surface area (Å²) >= 11 is 1.62. The lowest BCUT2D eigenvalue weighted by Gasteiger charge is -2.51. The van der Waals surface area contributed by atoms with Crippen molar-refractivity contribution in [1.82, 2.24) is 21.1 Å². The van der Waals surface area contributed by atoms with Gasteiger partial charge >= 0.3 is 0 Å². The van der Waals surface area contributed by atoms with Gasteiger partial charge in [0.2, 0.25) is 5.12 Å².